The normalized spacial score (nSPS) is 10.4. The third kappa shape index (κ3) is 4.50. The van der Waals surface area contributed by atoms with E-state index < -0.39 is 0 Å². The quantitative estimate of drug-likeness (QED) is 0.608. The second-order valence-electron chi connectivity index (χ2n) is 5.32. The van der Waals surface area contributed by atoms with E-state index in [9.17, 15) is 4.79 Å². The Morgan fingerprint density at radius 2 is 1.96 bits per heavy atom. The van der Waals surface area contributed by atoms with Crippen LogP contribution in [-0.2, 0) is 6.61 Å². The first-order valence-corrected chi connectivity index (χ1v) is 8.43. The molecule has 7 heteroatoms. The van der Waals surface area contributed by atoms with Gasteiger partial charge in [-0.05, 0) is 42.5 Å². The second-order valence-corrected chi connectivity index (χ2v) is 6.16. The number of carbonyl (C=O) groups is 1. The highest BCUT2D eigenvalue weighted by Gasteiger charge is 2.13. The van der Waals surface area contributed by atoms with Crippen molar-refractivity contribution in [1.29, 1.82) is 0 Å². The molecule has 0 bridgehead atoms. The zero-order chi connectivity index (χ0) is 18.5. The number of hydrogen-bond acceptors (Lipinski definition) is 4. The first kappa shape index (κ1) is 18.2. The molecule has 1 amide bonds. The van der Waals surface area contributed by atoms with Crippen molar-refractivity contribution in [3.63, 3.8) is 0 Å². The van der Waals surface area contributed by atoms with Crippen LogP contribution in [0, 0.1) is 0 Å². The maximum absolute atomic E-state index is 12.3. The Hall–Kier alpha value is -2.63. The summed E-state index contributed by atoms with van der Waals surface area (Å²) in [6.07, 6.45) is 0. The summed E-state index contributed by atoms with van der Waals surface area (Å²) in [7, 11) is 1.56. The van der Waals surface area contributed by atoms with Crippen molar-refractivity contribution >= 4 is 34.8 Å². The average molecular weight is 392 g/mol. The van der Waals surface area contributed by atoms with E-state index in [1.165, 1.54) is 0 Å². The fourth-order valence-electron chi connectivity index (χ4n) is 2.21. The molecule has 0 atom stereocenters. The van der Waals surface area contributed by atoms with Crippen LogP contribution in [0.4, 0.5) is 5.69 Å². The Morgan fingerprint density at radius 3 is 2.73 bits per heavy atom. The van der Waals surface area contributed by atoms with Crippen LogP contribution >= 0.6 is 23.2 Å². The van der Waals surface area contributed by atoms with E-state index in [0.717, 1.165) is 0 Å². The number of benzene rings is 2. The van der Waals surface area contributed by atoms with Gasteiger partial charge in [0.05, 0.1) is 12.1 Å². The number of amides is 1. The van der Waals surface area contributed by atoms with Gasteiger partial charge in [-0.15, -0.1) is 0 Å². The Kier molecular flexibility index (Phi) is 5.71. The minimum Gasteiger partial charge on any atom is -0.497 e. The van der Waals surface area contributed by atoms with Crippen LogP contribution in [-0.4, -0.2) is 13.0 Å². The SMILES string of the molecule is COc1cccc(NC(=O)c2ccc(COc3ccc(Cl)cc3Cl)o2)c1. The van der Waals surface area contributed by atoms with Crippen LogP contribution in [0.1, 0.15) is 16.3 Å². The number of rotatable bonds is 6. The molecule has 0 aliphatic heterocycles. The van der Waals surface area contributed by atoms with Crippen LogP contribution in [0.2, 0.25) is 10.0 Å². The lowest BCUT2D eigenvalue weighted by atomic mass is 10.3. The molecule has 0 radical (unpaired) electrons. The van der Waals surface area contributed by atoms with Crippen molar-refractivity contribution < 1.29 is 18.7 Å². The molecule has 0 spiro atoms. The Morgan fingerprint density at radius 1 is 1.12 bits per heavy atom. The third-order valence-electron chi connectivity index (χ3n) is 3.48. The molecule has 0 fully saturated rings. The summed E-state index contributed by atoms with van der Waals surface area (Å²) in [6, 6.07) is 15.2. The number of methoxy groups -OCH3 is 1. The summed E-state index contributed by atoms with van der Waals surface area (Å²) >= 11 is 11.9. The van der Waals surface area contributed by atoms with Gasteiger partial charge in [-0.3, -0.25) is 4.79 Å². The van der Waals surface area contributed by atoms with E-state index in [2.05, 4.69) is 5.32 Å². The van der Waals surface area contributed by atoms with Crippen molar-refractivity contribution in [1.82, 2.24) is 0 Å². The molecule has 1 N–H and O–H groups in total. The fourth-order valence-corrected chi connectivity index (χ4v) is 2.68. The fraction of sp³-hybridized carbons (Fsp3) is 0.105. The van der Waals surface area contributed by atoms with E-state index in [1.54, 1.807) is 61.7 Å². The highest BCUT2D eigenvalue weighted by molar-refractivity contribution is 6.35. The maximum Gasteiger partial charge on any atom is 0.291 e. The molecule has 3 rings (SSSR count). The van der Waals surface area contributed by atoms with E-state index in [1.807, 2.05) is 0 Å². The Labute approximate surface area is 160 Å². The lowest BCUT2D eigenvalue weighted by Crippen LogP contribution is -2.10. The van der Waals surface area contributed by atoms with Crippen molar-refractivity contribution in [3.05, 3.63) is 76.2 Å². The van der Waals surface area contributed by atoms with Gasteiger partial charge in [0, 0.05) is 16.8 Å². The molecular formula is C19H15Cl2NO4. The number of halogens is 2. The monoisotopic (exact) mass is 391 g/mol. The van der Waals surface area contributed by atoms with Crippen LogP contribution in [0.5, 0.6) is 11.5 Å². The Balaban J connectivity index is 1.62. The van der Waals surface area contributed by atoms with Crippen molar-refractivity contribution in [2.45, 2.75) is 6.61 Å². The predicted octanol–water partition coefficient (Wildman–Crippen LogP) is 5.43. The van der Waals surface area contributed by atoms with Crippen molar-refractivity contribution in [2.75, 3.05) is 12.4 Å². The molecule has 134 valence electrons. The maximum atomic E-state index is 12.3. The standard InChI is InChI=1S/C19H15Cl2NO4/c1-24-14-4-2-3-13(10-14)22-19(23)18-8-6-15(26-18)11-25-17-7-5-12(20)9-16(17)21/h2-10H,11H2,1H3,(H,22,23). The molecule has 3 aromatic rings. The lowest BCUT2D eigenvalue weighted by molar-refractivity contribution is 0.0992. The molecule has 0 saturated heterocycles. The smallest absolute Gasteiger partial charge is 0.291 e. The van der Waals surface area contributed by atoms with Gasteiger partial charge in [0.15, 0.2) is 5.76 Å². The zero-order valence-electron chi connectivity index (χ0n) is 13.8. The van der Waals surface area contributed by atoms with Gasteiger partial charge in [-0.25, -0.2) is 0 Å². The second kappa shape index (κ2) is 8.17. The topological polar surface area (TPSA) is 60.7 Å². The molecule has 5 nitrogen and oxygen atoms in total. The minimum absolute atomic E-state index is 0.133. The number of ether oxygens (including phenoxy) is 2. The molecule has 1 heterocycles. The highest BCUT2D eigenvalue weighted by atomic mass is 35.5. The van der Waals surface area contributed by atoms with Crippen LogP contribution < -0.4 is 14.8 Å². The number of hydrogen-bond donors (Lipinski definition) is 1. The summed E-state index contributed by atoms with van der Waals surface area (Å²) in [4.78, 5) is 12.3. The van der Waals surface area contributed by atoms with Gasteiger partial charge in [-0.1, -0.05) is 29.3 Å². The van der Waals surface area contributed by atoms with Gasteiger partial charge in [0.25, 0.3) is 5.91 Å². The third-order valence-corrected chi connectivity index (χ3v) is 4.01. The number of furan rings is 1. The number of nitrogens with one attached hydrogen (secondary N) is 1. The minimum atomic E-state index is -0.367. The summed E-state index contributed by atoms with van der Waals surface area (Å²) < 4.78 is 16.2. The van der Waals surface area contributed by atoms with Gasteiger partial charge >= 0.3 is 0 Å². The summed E-state index contributed by atoms with van der Waals surface area (Å²) in [5.74, 6) is 1.43. The lowest BCUT2D eigenvalue weighted by Gasteiger charge is -2.07. The molecule has 0 saturated carbocycles. The predicted molar refractivity (Wildman–Crippen MR) is 100 cm³/mol. The molecule has 26 heavy (non-hydrogen) atoms. The Bertz CT molecular complexity index is 923. The van der Waals surface area contributed by atoms with Crippen molar-refractivity contribution in [3.8, 4) is 11.5 Å². The molecule has 2 aromatic carbocycles. The van der Waals surface area contributed by atoms with E-state index >= 15 is 0 Å². The first-order chi connectivity index (χ1) is 12.5. The molecule has 0 aliphatic carbocycles. The summed E-state index contributed by atoms with van der Waals surface area (Å²) in [6.45, 7) is 0.133. The van der Waals surface area contributed by atoms with Crippen molar-refractivity contribution in [2.24, 2.45) is 0 Å². The van der Waals surface area contributed by atoms with Gasteiger partial charge < -0.3 is 19.2 Å². The van der Waals surface area contributed by atoms with Crippen LogP contribution in [0.25, 0.3) is 0 Å². The van der Waals surface area contributed by atoms with Gasteiger partial charge in [-0.2, -0.15) is 0 Å². The highest BCUT2D eigenvalue weighted by Crippen LogP contribution is 2.28. The average Bonchev–Trinajstić information content (AvgIpc) is 3.10. The van der Waals surface area contributed by atoms with Crippen LogP contribution in [0.15, 0.2) is 59.0 Å². The molecular weight excluding hydrogens is 377 g/mol. The van der Waals surface area contributed by atoms with Gasteiger partial charge in [0.1, 0.15) is 23.9 Å². The summed E-state index contributed by atoms with van der Waals surface area (Å²) in [5.41, 5.74) is 0.608. The molecule has 1 aromatic heterocycles. The molecule has 0 aliphatic rings. The van der Waals surface area contributed by atoms with E-state index in [4.69, 9.17) is 37.1 Å². The summed E-state index contributed by atoms with van der Waals surface area (Å²) in [5, 5.41) is 3.67. The molecule has 0 unspecified atom stereocenters. The first-order valence-electron chi connectivity index (χ1n) is 7.67. The number of anilines is 1. The number of carbonyl (C=O) groups excluding carboxylic acids is 1. The van der Waals surface area contributed by atoms with E-state index in [-0.39, 0.29) is 18.3 Å². The zero-order valence-corrected chi connectivity index (χ0v) is 15.3. The largest absolute Gasteiger partial charge is 0.497 e. The van der Waals surface area contributed by atoms with E-state index in [0.29, 0.717) is 33.0 Å². The van der Waals surface area contributed by atoms with Gasteiger partial charge in [0.2, 0.25) is 0 Å². The van der Waals surface area contributed by atoms with Crippen LogP contribution in [0.3, 0.4) is 0 Å².